The second-order valence-electron chi connectivity index (χ2n) is 5.37. The Labute approximate surface area is 134 Å². The van der Waals surface area contributed by atoms with Gasteiger partial charge in [-0.05, 0) is 43.5 Å². The molecule has 1 fully saturated rings. The third-order valence-electron chi connectivity index (χ3n) is 3.73. The molecule has 22 heavy (non-hydrogen) atoms. The standard InChI is InChI=1S/C16H17ClN4O/c1-11-8-12(17)4-5-13(11)20-15-9-14(18-10-19-15)16(22)21-6-2-3-7-21/h4-5,8-10H,2-3,6-7H2,1H3,(H,18,19,20). The summed E-state index contributed by atoms with van der Waals surface area (Å²) in [4.78, 5) is 22.5. The molecule has 114 valence electrons. The van der Waals surface area contributed by atoms with Gasteiger partial charge in [0, 0.05) is 29.9 Å². The van der Waals surface area contributed by atoms with Gasteiger partial charge in [0.25, 0.3) is 5.91 Å². The summed E-state index contributed by atoms with van der Waals surface area (Å²) in [5.74, 6) is 0.568. The molecule has 1 aliphatic rings. The van der Waals surface area contributed by atoms with Crippen LogP contribution in [-0.4, -0.2) is 33.9 Å². The zero-order chi connectivity index (χ0) is 15.5. The third-order valence-corrected chi connectivity index (χ3v) is 3.97. The topological polar surface area (TPSA) is 58.1 Å². The van der Waals surface area contributed by atoms with E-state index in [1.807, 2.05) is 30.0 Å². The van der Waals surface area contributed by atoms with Crippen molar-refractivity contribution in [3.8, 4) is 0 Å². The summed E-state index contributed by atoms with van der Waals surface area (Å²) in [6.07, 6.45) is 3.54. The van der Waals surface area contributed by atoms with Crippen molar-refractivity contribution in [2.24, 2.45) is 0 Å². The quantitative estimate of drug-likeness (QED) is 0.942. The van der Waals surface area contributed by atoms with Crippen LogP contribution in [0.3, 0.4) is 0 Å². The molecule has 0 bridgehead atoms. The first-order chi connectivity index (χ1) is 10.6. The molecule has 1 aliphatic heterocycles. The fraction of sp³-hybridized carbons (Fsp3) is 0.312. The van der Waals surface area contributed by atoms with Crippen LogP contribution in [-0.2, 0) is 0 Å². The van der Waals surface area contributed by atoms with Crippen molar-refractivity contribution in [3.63, 3.8) is 0 Å². The molecule has 1 amide bonds. The molecular weight excluding hydrogens is 300 g/mol. The lowest BCUT2D eigenvalue weighted by Gasteiger charge is -2.15. The zero-order valence-corrected chi connectivity index (χ0v) is 13.1. The molecule has 1 N–H and O–H groups in total. The van der Waals surface area contributed by atoms with Gasteiger partial charge in [-0.1, -0.05) is 11.6 Å². The fourth-order valence-corrected chi connectivity index (χ4v) is 2.76. The summed E-state index contributed by atoms with van der Waals surface area (Å²) < 4.78 is 0. The van der Waals surface area contributed by atoms with Gasteiger partial charge in [0.05, 0.1) is 0 Å². The summed E-state index contributed by atoms with van der Waals surface area (Å²) in [7, 11) is 0. The first-order valence-electron chi connectivity index (χ1n) is 7.28. The van der Waals surface area contributed by atoms with E-state index in [1.165, 1.54) is 6.33 Å². The molecule has 0 radical (unpaired) electrons. The highest BCUT2D eigenvalue weighted by atomic mass is 35.5. The van der Waals surface area contributed by atoms with Gasteiger partial charge in [0.15, 0.2) is 0 Å². The van der Waals surface area contributed by atoms with Crippen LogP contribution in [0.15, 0.2) is 30.6 Å². The predicted molar refractivity (Wildman–Crippen MR) is 86.6 cm³/mol. The molecule has 3 rings (SSSR count). The van der Waals surface area contributed by atoms with Crippen LogP contribution in [0, 0.1) is 6.92 Å². The van der Waals surface area contributed by atoms with E-state index in [-0.39, 0.29) is 5.91 Å². The molecule has 0 atom stereocenters. The van der Waals surface area contributed by atoms with Gasteiger partial charge in [0.1, 0.15) is 17.8 Å². The van der Waals surface area contributed by atoms with E-state index in [0.29, 0.717) is 16.5 Å². The number of aryl methyl sites for hydroxylation is 1. The molecule has 6 heteroatoms. The Morgan fingerprint density at radius 2 is 2.00 bits per heavy atom. The number of carbonyl (C=O) groups excluding carboxylic acids is 1. The lowest BCUT2D eigenvalue weighted by atomic mass is 10.2. The van der Waals surface area contributed by atoms with E-state index in [0.717, 1.165) is 37.2 Å². The number of anilines is 2. The van der Waals surface area contributed by atoms with E-state index in [4.69, 9.17) is 11.6 Å². The highest BCUT2D eigenvalue weighted by molar-refractivity contribution is 6.30. The summed E-state index contributed by atoms with van der Waals surface area (Å²) in [6, 6.07) is 7.27. The molecular formula is C16H17ClN4O. The van der Waals surface area contributed by atoms with E-state index < -0.39 is 0 Å². The average Bonchev–Trinajstić information content (AvgIpc) is 3.04. The van der Waals surface area contributed by atoms with Crippen molar-refractivity contribution < 1.29 is 4.79 Å². The lowest BCUT2D eigenvalue weighted by Crippen LogP contribution is -2.28. The number of aromatic nitrogens is 2. The van der Waals surface area contributed by atoms with Gasteiger partial charge in [-0.15, -0.1) is 0 Å². The second-order valence-corrected chi connectivity index (χ2v) is 5.81. The molecule has 0 aliphatic carbocycles. The number of carbonyl (C=O) groups is 1. The van der Waals surface area contributed by atoms with Gasteiger partial charge in [-0.3, -0.25) is 4.79 Å². The van der Waals surface area contributed by atoms with Gasteiger partial charge < -0.3 is 10.2 Å². The number of likely N-dealkylation sites (tertiary alicyclic amines) is 1. The highest BCUT2D eigenvalue weighted by Gasteiger charge is 2.20. The molecule has 1 aromatic heterocycles. The number of benzene rings is 1. The highest BCUT2D eigenvalue weighted by Crippen LogP contribution is 2.23. The number of amides is 1. The Morgan fingerprint density at radius 3 is 2.73 bits per heavy atom. The summed E-state index contributed by atoms with van der Waals surface area (Å²) in [5.41, 5.74) is 2.34. The molecule has 0 unspecified atom stereocenters. The monoisotopic (exact) mass is 316 g/mol. The van der Waals surface area contributed by atoms with Crippen molar-refractivity contribution in [1.29, 1.82) is 0 Å². The third kappa shape index (κ3) is 3.20. The summed E-state index contributed by atoms with van der Waals surface area (Å²) >= 11 is 5.96. The molecule has 0 saturated carbocycles. The molecule has 1 aromatic carbocycles. The normalized spacial score (nSPS) is 14.2. The molecule has 5 nitrogen and oxygen atoms in total. The van der Waals surface area contributed by atoms with Crippen LogP contribution >= 0.6 is 11.6 Å². The smallest absolute Gasteiger partial charge is 0.272 e. The lowest BCUT2D eigenvalue weighted by molar-refractivity contribution is 0.0787. The first kappa shape index (κ1) is 14.8. The van der Waals surface area contributed by atoms with E-state index in [9.17, 15) is 4.79 Å². The second kappa shape index (κ2) is 6.32. The van der Waals surface area contributed by atoms with Crippen molar-refractivity contribution in [1.82, 2.24) is 14.9 Å². The van der Waals surface area contributed by atoms with Crippen LogP contribution in [0.4, 0.5) is 11.5 Å². The largest absolute Gasteiger partial charge is 0.340 e. The van der Waals surface area contributed by atoms with E-state index in [2.05, 4.69) is 15.3 Å². The van der Waals surface area contributed by atoms with Crippen LogP contribution in [0.1, 0.15) is 28.9 Å². The maximum absolute atomic E-state index is 12.4. The summed E-state index contributed by atoms with van der Waals surface area (Å²) in [5, 5.41) is 3.90. The molecule has 2 heterocycles. The van der Waals surface area contributed by atoms with Crippen LogP contribution < -0.4 is 5.32 Å². The first-order valence-corrected chi connectivity index (χ1v) is 7.66. The maximum atomic E-state index is 12.4. The van der Waals surface area contributed by atoms with Crippen molar-refractivity contribution in [3.05, 3.63) is 46.9 Å². The number of halogens is 1. The van der Waals surface area contributed by atoms with E-state index >= 15 is 0 Å². The number of nitrogens with one attached hydrogen (secondary N) is 1. The minimum absolute atomic E-state index is 0.0317. The van der Waals surface area contributed by atoms with Crippen molar-refractivity contribution in [2.75, 3.05) is 18.4 Å². The minimum atomic E-state index is -0.0317. The van der Waals surface area contributed by atoms with Crippen molar-refractivity contribution in [2.45, 2.75) is 19.8 Å². The number of rotatable bonds is 3. The fourth-order valence-electron chi connectivity index (χ4n) is 2.53. The maximum Gasteiger partial charge on any atom is 0.272 e. The Bertz CT molecular complexity index is 698. The Hall–Kier alpha value is -2.14. The Morgan fingerprint density at radius 1 is 1.23 bits per heavy atom. The van der Waals surface area contributed by atoms with Crippen LogP contribution in [0.25, 0.3) is 0 Å². The average molecular weight is 317 g/mol. The zero-order valence-electron chi connectivity index (χ0n) is 12.3. The van der Waals surface area contributed by atoms with Gasteiger partial charge in [-0.25, -0.2) is 9.97 Å². The van der Waals surface area contributed by atoms with Gasteiger partial charge in [-0.2, -0.15) is 0 Å². The molecule has 0 spiro atoms. The van der Waals surface area contributed by atoms with Crippen LogP contribution in [0.2, 0.25) is 5.02 Å². The number of hydrogen-bond donors (Lipinski definition) is 1. The van der Waals surface area contributed by atoms with Crippen molar-refractivity contribution >= 4 is 29.0 Å². The molecule has 2 aromatic rings. The Kier molecular flexibility index (Phi) is 4.24. The van der Waals surface area contributed by atoms with E-state index in [1.54, 1.807) is 6.07 Å². The molecule has 1 saturated heterocycles. The summed E-state index contributed by atoms with van der Waals surface area (Å²) in [6.45, 7) is 3.58. The minimum Gasteiger partial charge on any atom is -0.340 e. The predicted octanol–water partition coefficient (Wildman–Crippen LogP) is 3.42. The SMILES string of the molecule is Cc1cc(Cl)ccc1Nc1cc(C(=O)N2CCCC2)ncn1. The van der Waals surface area contributed by atoms with Gasteiger partial charge in [0.2, 0.25) is 0 Å². The number of hydrogen-bond acceptors (Lipinski definition) is 4. The Balaban J connectivity index is 1.80. The van der Waals surface area contributed by atoms with Crippen LogP contribution in [0.5, 0.6) is 0 Å². The number of nitrogens with zero attached hydrogens (tertiary/aromatic N) is 3. The van der Waals surface area contributed by atoms with Gasteiger partial charge >= 0.3 is 0 Å².